The highest BCUT2D eigenvalue weighted by Crippen LogP contribution is 2.20. The zero-order valence-electron chi connectivity index (χ0n) is 18.0. The molecule has 0 saturated carbocycles. The smallest absolute Gasteiger partial charge is 0.349 e. The largest absolute Gasteiger partial charge is 0.493 e. The summed E-state index contributed by atoms with van der Waals surface area (Å²) in [7, 11) is 0. The molecular formula is C26H26O5. The number of esters is 1. The van der Waals surface area contributed by atoms with Gasteiger partial charge in [-0.2, -0.15) is 0 Å². The van der Waals surface area contributed by atoms with Gasteiger partial charge in [0.2, 0.25) is 0 Å². The third-order valence-electron chi connectivity index (χ3n) is 4.41. The number of hydrogen-bond acceptors (Lipinski definition) is 5. The van der Waals surface area contributed by atoms with Crippen molar-refractivity contribution in [1.82, 2.24) is 0 Å². The van der Waals surface area contributed by atoms with Crippen molar-refractivity contribution in [2.24, 2.45) is 5.92 Å². The highest BCUT2D eigenvalue weighted by atomic mass is 16.6. The summed E-state index contributed by atoms with van der Waals surface area (Å²) in [6, 6.07) is 21.0. The molecule has 0 saturated heterocycles. The van der Waals surface area contributed by atoms with E-state index in [1.54, 1.807) is 54.6 Å². The Kier molecular flexibility index (Phi) is 7.44. The second kappa shape index (κ2) is 10.4. The van der Waals surface area contributed by atoms with Gasteiger partial charge in [0.1, 0.15) is 17.2 Å². The Labute approximate surface area is 182 Å². The van der Waals surface area contributed by atoms with Crippen LogP contribution < -0.4 is 14.2 Å². The normalized spacial score (nSPS) is 10.6. The molecule has 3 aromatic carbocycles. The Morgan fingerprint density at radius 1 is 0.774 bits per heavy atom. The lowest BCUT2D eigenvalue weighted by Crippen LogP contribution is -2.17. The Morgan fingerprint density at radius 3 is 1.97 bits per heavy atom. The van der Waals surface area contributed by atoms with Crippen molar-refractivity contribution in [2.45, 2.75) is 20.8 Å². The van der Waals surface area contributed by atoms with Gasteiger partial charge in [0.15, 0.2) is 12.4 Å². The monoisotopic (exact) mass is 418 g/mol. The first-order valence-electron chi connectivity index (χ1n) is 10.2. The Bertz CT molecular complexity index is 1020. The van der Waals surface area contributed by atoms with Gasteiger partial charge in [-0.25, -0.2) is 4.79 Å². The molecule has 0 N–H and O–H groups in total. The molecule has 3 aromatic rings. The highest BCUT2D eigenvalue weighted by molar-refractivity contribution is 6.09. The Hall–Kier alpha value is -3.60. The first-order valence-corrected chi connectivity index (χ1v) is 10.2. The molecule has 0 radical (unpaired) electrons. The molecule has 0 aliphatic carbocycles. The van der Waals surface area contributed by atoms with E-state index in [1.807, 2.05) is 25.1 Å². The van der Waals surface area contributed by atoms with Crippen molar-refractivity contribution in [3.05, 3.63) is 89.5 Å². The van der Waals surface area contributed by atoms with Gasteiger partial charge in [-0.1, -0.05) is 49.7 Å². The first-order chi connectivity index (χ1) is 14.9. The lowest BCUT2D eigenvalue weighted by Gasteiger charge is -2.11. The average Bonchev–Trinajstić information content (AvgIpc) is 2.77. The summed E-state index contributed by atoms with van der Waals surface area (Å²) in [4.78, 5) is 24.6. The fraction of sp³-hybridized carbons (Fsp3) is 0.231. The first kappa shape index (κ1) is 22.1. The lowest BCUT2D eigenvalue weighted by molar-refractivity contribution is -0.136. The van der Waals surface area contributed by atoms with E-state index in [0.29, 0.717) is 40.9 Å². The molecule has 0 aliphatic heterocycles. The number of carbonyl (C=O) groups is 2. The molecule has 0 aromatic heterocycles. The SMILES string of the molecule is Cc1ccc(C(=O)c2ccc(OC(=O)COc3cccc(OCC(C)C)c3)cc2)cc1. The van der Waals surface area contributed by atoms with Crippen LogP contribution in [0.1, 0.15) is 35.3 Å². The van der Waals surface area contributed by atoms with Crippen LogP contribution in [0, 0.1) is 12.8 Å². The van der Waals surface area contributed by atoms with E-state index < -0.39 is 5.97 Å². The van der Waals surface area contributed by atoms with E-state index in [-0.39, 0.29) is 12.4 Å². The van der Waals surface area contributed by atoms with Gasteiger partial charge in [0, 0.05) is 17.2 Å². The molecule has 0 amide bonds. The summed E-state index contributed by atoms with van der Waals surface area (Å²) in [5, 5.41) is 0. The topological polar surface area (TPSA) is 61.8 Å². The number of benzene rings is 3. The van der Waals surface area contributed by atoms with Gasteiger partial charge < -0.3 is 14.2 Å². The van der Waals surface area contributed by atoms with Gasteiger partial charge in [-0.05, 0) is 49.2 Å². The standard InChI is InChI=1S/C26H26O5/c1-18(2)16-29-23-5-4-6-24(15-23)30-17-25(27)31-22-13-11-21(12-14-22)26(28)20-9-7-19(3)8-10-20/h4-15,18H,16-17H2,1-3H3. The summed E-state index contributed by atoms with van der Waals surface area (Å²) in [5.74, 6) is 1.36. The maximum atomic E-state index is 12.5. The molecule has 0 unspecified atom stereocenters. The maximum Gasteiger partial charge on any atom is 0.349 e. The summed E-state index contributed by atoms with van der Waals surface area (Å²) in [5.41, 5.74) is 2.23. The molecule has 0 spiro atoms. The molecule has 31 heavy (non-hydrogen) atoms. The number of ether oxygens (including phenoxy) is 3. The number of aryl methyl sites for hydroxylation is 1. The predicted molar refractivity (Wildman–Crippen MR) is 119 cm³/mol. The molecule has 5 heteroatoms. The maximum absolute atomic E-state index is 12.5. The van der Waals surface area contributed by atoms with Gasteiger partial charge in [0.05, 0.1) is 6.61 Å². The summed E-state index contributed by atoms with van der Waals surface area (Å²) in [6.07, 6.45) is 0. The quantitative estimate of drug-likeness (QED) is 0.270. The summed E-state index contributed by atoms with van der Waals surface area (Å²) >= 11 is 0. The predicted octanol–water partition coefficient (Wildman–Crippen LogP) is 5.25. The molecule has 0 heterocycles. The van der Waals surface area contributed by atoms with Crippen LogP contribution in [0.4, 0.5) is 0 Å². The van der Waals surface area contributed by atoms with Crippen LogP contribution in [-0.4, -0.2) is 25.0 Å². The van der Waals surface area contributed by atoms with E-state index in [9.17, 15) is 9.59 Å². The molecule has 0 aliphatic rings. The number of hydrogen-bond donors (Lipinski definition) is 0. The van der Waals surface area contributed by atoms with Gasteiger partial charge >= 0.3 is 5.97 Å². The number of ketones is 1. The van der Waals surface area contributed by atoms with Crippen LogP contribution in [0.3, 0.4) is 0 Å². The van der Waals surface area contributed by atoms with Crippen LogP contribution in [0.2, 0.25) is 0 Å². The second-order valence-electron chi connectivity index (χ2n) is 7.66. The van der Waals surface area contributed by atoms with Crippen LogP contribution in [-0.2, 0) is 4.79 Å². The van der Waals surface area contributed by atoms with Crippen LogP contribution in [0.25, 0.3) is 0 Å². The third kappa shape index (κ3) is 6.71. The molecule has 0 fully saturated rings. The minimum Gasteiger partial charge on any atom is -0.493 e. The van der Waals surface area contributed by atoms with E-state index in [1.165, 1.54) is 0 Å². The lowest BCUT2D eigenvalue weighted by atomic mass is 10.0. The minimum absolute atomic E-state index is 0.0826. The Morgan fingerprint density at radius 2 is 1.35 bits per heavy atom. The van der Waals surface area contributed by atoms with Gasteiger partial charge in [0.25, 0.3) is 0 Å². The average molecular weight is 418 g/mol. The minimum atomic E-state index is -0.536. The van der Waals surface area contributed by atoms with Gasteiger partial charge in [-0.15, -0.1) is 0 Å². The fourth-order valence-corrected chi connectivity index (χ4v) is 2.77. The van der Waals surface area contributed by atoms with Crippen molar-refractivity contribution in [3.8, 4) is 17.2 Å². The van der Waals surface area contributed by atoms with E-state index in [4.69, 9.17) is 14.2 Å². The molecule has 0 atom stereocenters. The fourth-order valence-electron chi connectivity index (χ4n) is 2.77. The van der Waals surface area contributed by atoms with Crippen molar-refractivity contribution in [3.63, 3.8) is 0 Å². The molecular weight excluding hydrogens is 392 g/mol. The zero-order valence-corrected chi connectivity index (χ0v) is 18.0. The number of rotatable bonds is 9. The molecule has 3 rings (SSSR count). The summed E-state index contributed by atoms with van der Waals surface area (Å²) < 4.78 is 16.5. The second-order valence-corrected chi connectivity index (χ2v) is 7.66. The number of carbonyl (C=O) groups excluding carboxylic acids is 2. The van der Waals surface area contributed by atoms with Crippen molar-refractivity contribution >= 4 is 11.8 Å². The molecule has 0 bridgehead atoms. The van der Waals surface area contributed by atoms with E-state index in [2.05, 4.69) is 13.8 Å². The van der Waals surface area contributed by atoms with E-state index >= 15 is 0 Å². The van der Waals surface area contributed by atoms with Crippen LogP contribution in [0.5, 0.6) is 17.2 Å². The summed E-state index contributed by atoms with van der Waals surface area (Å²) in [6.45, 7) is 6.48. The molecule has 160 valence electrons. The van der Waals surface area contributed by atoms with Crippen molar-refractivity contribution in [2.75, 3.05) is 13.2 Å². The van der Waals surface area contributed by atoms with Crippen molar-refractivity contribution in [1.29, 1.82) is 0 Å². The van der Waals surface area contributed by atoms with Crippen LogP contribution in [0.15, 0.2) is 72.8 Å². The zero-order chi connectivity index (χ0) is 22.2. The Balaban J connectivity index is 1.52. The highest BCUT2D eigenvalue weighted by Gasteiger charge is 2.11. The van der Waals surface area contributed by atoms with Crippen LogP contribution >= 0.6 is 0 Å². The van der Waals surface area contributed by atoms with E-state index in [0.717, 1.165) is 5.56 Å². The van der Waals surface area contributed by atoms with Crippen molar-refractivity contribution < 1.29 is 23.8 Å². The molecule has 5 nitrogen and oxygen atoms in total. The van der Waals surface area contributed by atoms with Gasteiger partial charge in [-0.3, -0.25) is 4.79 Å². The third-order valence-corrected chi connectivity index (χ3v) is 4.41.